The van der Waals surface area contributed by atoms with Gasteiger partial charge in [0.25, 0.3) is 0 Å². The second kappa shape index (κ2) is 7.01. The van der Waals surface area contributed by atoms with Crippen LogP contribution < -0.4 is 5.32 Å². The number of para-hydroxylation sites is 1. The zero-order valence-corrected chi connectivity index (χ0v) is 11.1. The molecule has 0 amide bonds. The van der Waals surface area contributed by atoms with E-state index >= 15 is 0 Å². The molecule has 0 aromatic heterocycles. The van der Waals surface area contributed by atoms with Crippen molar-refractivity contribution in [3.8, 4) is 0 Å². The molecule has 0 saturated carbocycles. The third-order valence-electron chi connectivity index (χ3n) is 2.32. The molecule has 0 bridgehead atoms. The zero-order valence-electron chi connectivity index (χ0n) is 10.3. The first kappa shape index (κ1) is 13.6. The number of hydrogen-bond acceptors (Lipinski definition) is 4. The van der Waals surface area contributed by atoms with Crippen LogP contribution >= 0.6 is 11.8 Å². The molecule has 0 unspecified atom stereocenters. The van der Waals surface area contributed by atoms with Gasteiger partial charge in [-0.25, -0.2) is 4.79 Å². The van der Waals surface area contributed by atoms with Gasteiger partial charge in [0.15, 0.2) is 0 Å². The lowest BCUT2D eigenvalue weighted by Gasteiger charge is -2.08. The first-order valence-corrected chi connectivity index (χ1v) is 6.53. The smallest absolute Gasteiger partial charge is 0.333 e. The Morgan fingerprint density at radius 1 is 1.47 bits per heavy atom. The number of ether oxygens (including phenoxy) is 1. The van der Waals surface area contributed by atoms with Gasteiger partial charge in [-0.2, -0.15) is 0 Å². The van der Waals surface area contributed by atoms with Crippen LogP contribution in [-0.2, 0) is 9.53 Å². The highest BCUT2D eigenvalue weighted by molar-refractivity contribution is 7.98. The molecule has 0 aliphatic carbocycles. The summed E-state index contributed by atoms with van der Waals surface area (Å²) in [5, 5.41) is 3.27. The van der Waals surface area contributed by atoms with Crippen LogP contribution in [0.3, 0.4) is 0 Å². The number of methoxy groups -OCH3 is 1. The summed E-state index contributed by atoms with van der Waals surface area (Å²) in [4.78, 5) is 12.3. The maximum Gasteiger partial charge on any atom is 0.333 e. The summed E-state index contributed by atoms with van der Waals surface area (Å²) in [5.74, 6) is -0.287. The van der Waals surface area contributed by atoms with Crippen LogP contribution in [0.25, 0.3) is 0 Å². The second-order valence-electron chi connectivity index (χ2n) is 3.46. The van der Waals surface area contributed by atoms with Gasteiger partial charge in [0, 0.05) is 22.7 Å². The molecule has 0 aliphatic heterocycles. The van der Waals surface area contributed by atoms with Gasteiger partial charge < -0.3 is 10.1 Å². The van der Waals surface area contributed by atoms with Gasteiger partial charge in [0.1, 0.15) is 0 Å². The molecule has 92 valence electrons. The molecule has 0 atom stereocenters. The van der Waals surface area contributed by atoms with Crippen LogP contribution in [0.2, 0.25) is 0 Å². The number of rotatable bonds is 5. The van der Waals surface area contributed by atoms with Gasteiger partial charge in [-0.1, -0.05) is 18.2 Å². The number of hydrogen-bond donors (Lipinski definition) is 1. The average molecular weight is 251 g/mol. The number of benzene rings is 1. The summed E-state index contributed by atoms with van der Waals surface area (Å²) in [7, 11) is 1.39. The normalized spacial score (nSPS) is 11.1. The molecule has 0 spiro atoms. The highest BCUT2D eigenvalue weighted by Gasteiger charge is 2.02. The molecule has 0 fully saturated rings. The average Bonchev–Trinajstić information content (AvgIpc) is 2.38. The third kappa shape index (κ3) is 4.15. The predicted octanol–water partition coefficient (Wildman–Crippen LogP) is 2.94. The van der Waals surface area contributed by atoms with Crippen molar-refractivity contribution in [2.24, 2.45) is 0 Å². The van der Waals surface area contributed by atoms with E-state index in [1.807, 2.05) is 30.5 Å². The Labute approximate surface area is 106 Å². The van der Waals surface area contributed by atoms with Crippen LogP contribution in [0, 0.1) is 0 Å². The number of thioether (sulfide) groups is 1. The van der Waals surface area contributed by atoms with Crippen LogP contribution in [0.5, 0.6) is 0 Å². The van der Waals surface area contributed by atoms with E-state index in [-0.39, 0.29) is 5.97 Å². The van der Waals surface area contributed by atoms with Crippen molar-refractivity contribution < 1.29 is 9.53 Å². The van der Waals surface area contributed by atoms with Crippen molar-refractivity contribution in [3.05, 3.63) is 35.9 Å². The van der Waals surface area contributed by atoms with E-state index in [0.29, 0.717) is 12.1 Å². The van der Waals surface area contributed by atoms with Crippen LogP contribution in [0.1, 0.15) is 6.92 Å². The highest BCUT2D eigenvalue weighted by Crippen LogP contribution is 2.24. The molecular formula is C13H17NO2S. The van der Waals surface area contributed by atoms with Crippen molar-refractivity contribution in [3.63, 3.8) is 0 Å². The van der Waals surface area contributed by atoms with Gasteiger partial charge >= 0.3 is 5.97 Å². The second-order valence-corrected chi connectivity index (χ2v) is 4.31. The number of carbonyl (C=O) groups is 1. The van der Waals surface area contributed by atoms with E-state index in [2.05, 4.69) is 16.1 Å². The lowest BCUT2D eigenvalue weighted by Crippen LogP contribution is -2.05. The summed E-state index contributed by atoms with van der Waals surface area (Å²) in [5.41, 5.74) is 1.69. The van der Waals surface area contributed by atoms with E-state index < -0.39 is 0 Å². The van der Waals surface area contributed by atoms with Crippen molar-refractivity contribution >= 4 is 23.4 Å². The molecule has 0 radical (unpaired) electrons. The summed E-state index contributed by atoms with van der Waals surface area (Å²) >= 11 is 1.69. The van der Waals surface area contributed by atoms with Crippen LogP contribution in [-0.4, -0.2) is 25.9 Å². The zero-order chi connectivity index (χ0) is 12.7. The number of esters is 1. The fourth-order valence-electron chi connectivity index (χ4n) is 1.35. The van der Waals surface area contributed by atoms with Crippen molar-refractivity contribution in [1.82, 2.24) is 0 Å². The minimum atomic E-state index is -0.287. The molecular weight excluding hydrogens is 234 g/mol. The van der Waals surface area contributed by atoms with Crippen LogP contribution in [0.4, 0.5) is 5.69 Å². The van der Waals surface area contributed by atoms with E-state index in [0.717, 1.165) is 5.69 Å². The fraction of sp³-hybridized carbons (Fsp3) is 0.308. The topological polar surface area (TPSA) is 38.3 Å². The van der Waals surface area contributed by atoms with Crippen LogP contribution in [0.15, 0.2) is 40.8 Å². The number of nitrogens with one attached hydrogen (secondary N) is 1. The van der Waals surface area contributed by atoms with Gasteiger partial charge in [-0.15, -0.1) is 11.8 Å². The first-order chi connectivity index (χ1) is 8.19. The summed E-state index contributed by atoms with van der Waals surface area (Å²) in [6.45, 7) is 2.35. The SMILES string of the molecule is COC(=O)/C(C)=C/CNc1ccccc1SC. The lowest BCUT2D eigenvalue weighted by molar-refractivity contribution is -0.136. The van der Waals surface area contributed by atoms with E-state index in [9.17, 15) is 4.79 Å². The monoisotopic (exact) mass is 251 g/mol. The number of carbonyl (C=O) groups excluding carboxylic acids is 1. The third-order valence-corrected chi connectivity index (χ3v) is 3.11. The maximum absolute atomic E-state index is 11.2. The standard InChI is InChI=1S/C13H17NO2S/c1-10(13(15)16-2)8-9-14-11-6-4-5-7-12(11)17-3/h4-8,14H,9H2,1-3H3/b10-8+. The Hall–Kier alpha value is -1.42. The number of anilines is 1. The Balaban J connectivity index is 2.59. The molecule has 0 heterocycles. The Morgan fingerprint density at radius 3 is 2.82 bits per heavy atom. The van der Waals surface area contributed by atoms with E-state index in [1.54, 1.807) is 18.7 Å². The molecule has 1 N–H and O–H groups in total. The predicted molar refractivity (Wildman–Crippen MR) is 72.5 cm³/mol. The quantitative estimate of drug-likeness (QED) is 0.496. The Morgan fingerprint density at radius 2 is 2.18 bits per heavy atom. The Bertz CT molecular complexity index is 416. The molecule has 1 rings (SSSR count). The minimum Gasteiger partial charge on any atom is -0.466 e. The fourth-order valence-corrected chi connectivity index (χ4v) is 1.92. The van der Waals surface area contributed by atoms with Gasteiger partial charge in [0.2, 0.25) is 0 Å². The van der Waals surface area contributed by atoms with Crippen molar-refractivity contribution in [2.45, 2.75) is 11.8 Å². The van der Waals surface area contributed by atoms with Crippen molar-refractivity contribution in [2.75, 3.05) is 25.2 Å². The largest absolute Gasteiger partial charge is 0.466 e. The lowest BCUT2D eigenvalue weighted by atomic mass is 10.2. The molecule has 1 aromatic rings. The molecule has 3 nitrogen and oxygen atoms in total. The molecule has 0 saturated heterocycles. The first-order valence-electron chi connectivity index (χ1n) is 5.31. The molecule has 1 aromatic carbocycles. The summed E-state index contributed by atoms with van der Waals surface area (Å²) in [6.07, 6.45) is 3.86. The van der Waals surface area contributed by atoms with E-state index in [4.69, 9.17) is 0 Å². The van der Waals surface area contributed by atoms with Gasteiger partial charge in [-0.05, 0) is 25.3 Å². The molecule has 4 heteroatoms. The van der Waals surface area contributed by atoms with Gasteiger partial charge in [0.05, 0.1) is 7.11 Å². The summed E-state index contributed by atoms with van der Waals surface area (Å²) < 4.78 is 4.62. The molecule has 17 heavy (non-hydrogen) atoms. The minimum absolute atomic E-state index is 0.287. The van der Waals surface area contributed by atoms with Crippen molar-refractivity contribution in [1.29, 1.82) is 0 Å². The highest BCUT2D eigenvalue weighted by atomic mass is 32.2. The van der Waals surface area contributed by atoms with Gasteiger partial charge in [-0.3, -0.25) is 0 Å². The maximum atomic E-state index is 11.2. The molecule has 0 aliphatic rings. The van der Waals surface area contributed by atoms with E-state index in [1.165, 1.54) is 12.0 Å². The Kier molecular flexibility index (Phi) is 5.63. The summed E-state index contributed by atoms with van der Waals surface area (Å²) in [6, 6.07) is 8.07.